The summed E-state index contributed by atoms with van der Waals surface area (Å²) in [5.74, 6) is -5.13. The molecule has 2 saturated heterocycles. The average Bonchev–Trinajstić information content (AvgIpc) is 1.24. The third kappa shape index (κ3) is 16.2. The maximum Gasteiger partial charge on any atom is 0.342 e. The molecule has 86 heavy (non-hydrogen) atoms. The van der Waals surface area contributed by atoms with Crippen LogP contribution in [0.2, 0.25) is 0 Å². The van der Waals surface area contributed by atoms with E-state index >= 15 is 0 Å². The maximum absolute atomic E-state index is 12.9. The van der Waals surface area contributed by atoms with Crippen LogP contribution >= 0.6 is 0 Å². The van der Waals surface area contributed by atoms with Crippen LogP contribution < -0.4 is 10.6 Å². The van der Waals surface area contributed by atoms with E-state index in [0.29, 0.717) is 22.3 Å². The highest BCUT2D eigenvalue weighted by Crippen LogP contribution is 2.45. The lowest BCUT2D eigenvalue weighted by Crippen LogP contribution is -2.59. The zero-order valence-corrected chi connectivity index (χ0v) is 52.0. The fourth-order valence-electron chi connectivity index (χ4n) is 11.6. The van der Waals surface area contributed by atoms with E-state index in [4.69, 9.17) is 37.9 Å². The Balaban J connectivity index is 0.000000314. The van der Waals surface area contributed by atoms with E-state index in [-0.39, 0.29) is 85.5 Å². The zero-order valence-electron chi connectivity index (χ0n) is 52.0. The molecule has 18 atom stereocenters. The number of carbonyl (C=O) groups excluding carboxylic acids is 4. The van der Waals surface area contributed by atoms with Crippen LogP contribution in [0.3, 0.4) is 0 Å². The largest absolute Gasteiger partial charge is 0.508 e. The number of phenols is 4. The number of nitrogens with one attached hydrogen (secondary N) is 2. The summed E-state index contributed by atoms with van der Waals surface area (Å²) >= 11 is 0. The lowest BCUT2D eigenvalue weighted by molar-refractivity contribution is -0.217. The Kier molecular flexibility index (Phi) is 24.6. The molecular formula is C62H94N2O22. The molecule has 4 heterocycles. The van der Waals surface area contributed by atoms with Crippen molar-refractivity contribution in [3.05, 3.63) is 69.8 Å². The van der Waals surface area contributed by atoms with Crippen molar-refractivity contribution >= 4 is 23.8 Å². The number of fused-ring (bicyclic) bond motifs is 2. The summed E-state index contributed by atoms with van der Waals surface area (Å²) in [5.41, 5.74) is 1.70. The van der Waals surface area contributed by atoms with E-state index in [9.17, 15) is 70.2 Å². The standard InChI is InChI=1S/2C31H47NO11/c2*1-14(2)9-22(40-7)27(37)28(38)32-29(41-8)23-13-24(36)31(5,6)25(42-23)12-19(34)16(4)21-10-17-15(3)18(33)11-20(35)26(17)30(39)43-21/h2*11,16,19,21-25,27,29,33-37H,1,9-10,12-13H2,2-8H3,(H,32,38)/t16-,19+,21-,22+,23+,24+,25-,27+,29+;16-,19+,21-,22+,23+,24-,25-,27+,29+/m11/s1. The molecule has 0 radical (unpaired) electrons. The van der Waals surface area contributed by atoms with Crippen molar-refractivity contribution in [2.24, 2.45) is 22.7 Å². The van der Waals surface area contributed by atoms with Gasteiger partial charge in [0.25, 0.3) is 11.8 Å². The number of benzene rings is 2. The monoisotopic (exact) mass is 1220 g/mol. The Morgan fingerprint density at radius 3 is 1.21 bits per heavy atom. The lowest BCUT2D eigenvalue weighted by Gasteiger charge is -2.48. The number of cyclic esters (lactones) is 2. The van der Waals surface area contributed by atoms with Gasteiger partial charge in [-0.1, -0.05) is 52.7 Å². The van der Waals surface area contributed by atoms with Gasteiger partial charge in [0.2, 0.25) is 0 Å². The van der Waals surface area contributed by atoms with Crippen molar-refractivity contribution in [3.8, 4) is 23.0 Å². The SMILES string of the molecule is C=C(C)C[C@H](OC)[C@H](O)C(=O)N[C@@H](OC)[C@@H]1C[C@@H](O)C(C)(C)[C@@H](C[C@H](O)[C@@H](C)[C@H]2Cc3c(C)c(O)cc(O)c3C(=O)O2)O1.C=C(C)C[C@H](OC)[C@H](O)C(=O)N[C@@H](OC)[C@@H]1C[C@H](O)C(C)(C)[C@@H](C[C@H](O)[C@@H](C)[C@H]2Cc3c(C)c(O)cc(O)c3C(=O)O2)O1. The van der Waals surface area contributed by atoms with Gasteiger partial charge in [-0.15, -0.1) is 13.2 Å². The van der Waals surface area contributed by atoms with Gasteiger partial charge in [-0.25, -0.2) is 9.59 Å². The molecule has 4 aliphatic heterocycles. The first-order valence-corrected chi connectivity index (χ1v) is 29.0. The molecule has 484 valence electrons. The Hall–Kier alpha value is -5.48. The number of hydrogen-bond acceptors (Lipinski definition) is 22. The number of phenolic OH excluding ortho intramolecular Hbond substituents is 4. The Morgan fingerprint density at radius 2 is 0.919 bits per heavy atom. The first kappa shape index (κ1) is 71.3. The molecule has 0 aliphatic carbocycles. The number of ether oxygens (including phenoxy) is 8. The third-order valence-corrected chi connectivity index (χ3v) is 18.0. The molecule has 12 N–H and O–H groups in total. The summed E-state index contributed by atoms with van der Waals surface area (Å²) in [6, 6.07) is 2.21. The van der Waals surface area contributed by atoms with E-state index in [0.717, 1.165) is 23.3 Å². The van der Waals surface area contributed by atoms with Gasteiger partial charge in [0, 0.05) is 102 Å². The highest BCUT2D eigenvalue weighted by molar-refractivity contribution is 5.97. The molecule has 0 aromatic heterocycles. The molecular weight excluding hydrogens is 1120 g/mol. The number of aliphatic hydroxyl groups excluding tert-OH is 6. The number of aliphatic hydroxyl groups is 6. The van der Waals surface area contributed by atoms with Crippen molar-refractivity contribution in [2.75, 3.05) is 28.4 Å². The molecule has 6 rings (SSSR count). The summed E-state index contributed by atoms with van der Waals surface area (Å²) in [6.45, 7) is 25.1. The van der Waals surface area contributed by atoms with Crippen LogP contribution in [0, 0.1) is 36.5 Å². The second-order valence-corrected chi connectivity index (χ2v) is 25.0. The van der Waals surface area contributed by atoms with Gasteiger partial charge < -0.3 is 99.6 Å². The van der Waals surface area contributed by atoms with Crippen molar-refractivity contribution < 1.29 is 108 Å². The van der Waals surface area contributed by atoms with Gasteiger partial charge in [0.05, 0.1) is 48.8 Å². The third-order valence-electron chi connectivity index (χ3n) is 18.0. The Labute approximate surface area is 503 Å². The van der Waals surface area contributed by atoms with Crippen LogP contribution in [-0.4, -0.2) is 201 Å². The van der Waals surface area contributed by atoms with Crippen molar-refractivity contribution in [3.63, 3.8) is 0 Å². The summed E-state index contributed by atoms with van der Waals surface area (Å²) in [4.78, 5) is 51.3. The summed E-state index contributed by atoms with van der Waals surface area (Å²) < 4.78 is 45.4. The lowest BCUT2D eigenvalue weighted by atomic mass is 9.73. The van der Waals surface area contributed by atoms with Crippen LogP contribution in [0.5, 0.6) is 23.0 Å². The molecule has 0 spiro atoms. The minimum absolute atomic E-state index is 0.00479. The van der Waals surface area contributed by atoms with Crippen LogP contribution in [0.4, 0.5) is 0 Å². The topological polar surface area (TPSA) is 368 Å². The Bertz CT molecular complexity index is 2550. The van der Waals surface area contributed by atoms with Gasteiger partial charge in [-0.05, 0) is 62.8 Å². The molecule has 24 heteroatoms. The van der Waals surface area contributed by atoms with Crippen LogP contribution in [0.1, 0.15) is 137 Å². The quantitative estimate of drug-likeness (QED) is 0.0405. The number of amides is 2. The minimum Gasteiger partial charge on any atom is -0.508 e. The number of esters is 2. The predicted molar refractivity (Wildman–Crippen MR) is 311 cm³/mol. The molecule has 4 aliphatic rings. The number of aromatic hydroxyl groups is 4. The Morgan fingerprint density at radius 1 is 0.593 bits per heavy atom. The first-order valence-electron chi connectivity index (χ1n) is 29.0. The van der Waals surface area contributed by atoms with Crippen molar-refractivity contribution in [2.45, 2.75) is 219 Å². The van der Waals surface area contributed by atoms with Gasteiger partial charge in [-0.2, -0.15) is 0 Å². The summed E-state index contributed by atoms with van der Waals surface area (Å²) in [6.07, 6.45) is -13.8. The van der Waals surface area contributed by atoms with Gasteiger partial charge in [-0.3, -0.25) is 9.59 Å². The van der Waals surface area contributed by atoms with Gasteiger partial charge >= 0.3 is 11.9 Å². The van der Waals surface area contributed by atoms with E-state index in [1.807, 2.05) is 27.7 Å². The first-order chi connectivity index (χ1) is 40.0. The van der Waals surface area contributed by atoms with E-state index in [1.165, 1.54) is 28.4 Å². The molecule has 2 aromatic rings. The highest BCUT2D eigenvalue weighted by Gasteiger charge is 2.51. The highest BCUT2D eigenvalue weighted by atomic mass is 16.6. The van der Waals surface area contributed by atoms with E-state index < -0.39 is 144 Å². The summed E-state index contributed by atoms with van der Waals surface area (Å²) in [7, 11) is 5.51. The summed E-state index contributed by atoms with van der Waals surface area (Å²) in [5, 5.41) is 112. The smallest absolute Gasteiger partial charge is 0.342 e. The number of carbonyl (C=O) groups is 4. The minimum atomic E-state index is -1.50. The number of methoxy groups -OCH3 is 4. The van der Waals surface area contributed by atoms with Gasteiger partial charge in [0.1, 0.15) is 58.5 Å². The number of rotatable bonds is 24. The van der Waals surface area contributed by atoms with Gasteiger partial charge in [0.15, 0.2) is 24.7 Å². The average molecular weight is 1220 g/mol. The normalized spacial score (nSPS) is 26.8. The van der Waals surface area contributed by atoms with Crippen LogP contribution in [-0.2, 0) is 60.3 Å². The zero-order chi connectivity index (χ0) is 64.8. The fourth-order valence-corrected chi connectivity index (χ4v) is 11.6. The second-order valence-electron chi connectivity index (χ2n) is 25.0. The molecule has 2 amide bonds. The fraction of sp³-hybridized carbons (Fsp3) is 0.677. The molecule has 0 saturated carbocycles. The molecule has 24 nitrogen and oxygen atoms in total. The molecule has 0 unspecified atom stereocenters. The second kappa shape index (κ2) is 29.7. The predicted octanol–water partition coefficient (Wildman–Crippen LogP) is 3.70. The van der Waals surface area contributed by atoms with Crippen LogP contribution in [0.15, 0.2) is 36.4 Å². The van der Waals surface area contributed by atoms with E-state index in [1.54, 1.807) is 41.5 Å². The van der Waals surface area contributed by atoms with Crippen molar-refractivity contribution in [1.29, 1.82) is 0 Å². The maximum atomic E-state index is 12.9. The number of hydrogen-bond donors (Lipinski definition) is 12. The molecule has 0 bridgehead atoms. The van der Waals surface area contributed by atoms with E-state index in [2.05, 4.69) is 23.8 Å². The van der Waals surface area contributed by atoms with Crippen LogP contribution in [0.25, 0.3) is 0 Å². The molecule has 2 aromatic carbocycles. The molecule has 2 fully saturated rings. The van der Waals surface area contributed by atoms with Crippen molar-refractivity contribution in [1.82, 2.24) is 10.6 Å².